The monoisotopic (exact) mass is 236 g/mol. The fraction of sp³-hybridized carbons (Fsp3) is 0.600. The Morgan fingerprint density at radius 1 is 1.29 bits per heavy atom. The lowest BCUT2D eigenvalue weighted by atomic mass is 9.99. The van der Waals surface area contributed by atoms with Gasteiger partial charge in [-0.05, 0) is 42.9 Å². The summed E-state index contributed by atoms with van der Waals surface area (Å²) in [5.74, 6) is 1.26. The van der Waals surface area contributed by atoms with Crippen LogP contribution in [0.4, 0.5) is 0 Å². The molecule has 1 aromatic rings. The van der Waals surface area contributed by atoms with Crippen molar-refractivity contribution in [2.75, 3.05) is 6.61 Å². The van der Waals surface area contributed by atoms with E-state index in [9.17, 15) is 5.11 Å². The molecular formula is C15H24O2. The Labute approximate surface area is 105 Å². The van der Waals surface area contributed by atoms with Crippen LogP contribution in [0.5, 0.6) is 5.75 Å². The standard InChI is InChI=1S/C15H24O2/c1-4-10-17-14-7-5-6-13(11-14)8-9-15(16)12(2)3/h5-7,11-12,15-16H,4,8-10H2,1-3H3. The molecule has 0 saturated heterocycles. The third kappa shape index (κ3) is 5.22. The van der Waals surface area contributed by atoms with Crippen molar-refractivity contribution in [3.63, 3.8) is 0 Å². The van der Waals surface area contributed by atoms with E-state index in [0.29, 0.717) is 5.92 Å². The molecule has 0 saturated carbocycles. The van der Waals surface area contributed by atoms with Crippen molar-refractivity contribution < 1.29 is 9.84 Å². The van der Waals surface area contributed by atoms with Gasteiger partial charge in [0.25, 0.3) is 0 Å². The average molecular weight is 236 g/mol. The molecule has 0 aliphatic heterocycles. The molecule has 0 bridgehead atoms. The SMILES string of the molecule is CCCOc1cccc(CCC(O)C(C)C)c1. The molecule has 2 heteroatoms. The van der Waals surface area contributed by atoms with Crippen molar-refractivity contribution in [1.29, 1.82) is 0 Å². The smallest absolute Gasteiger partial charge is 0.119 e. The van der Waals surface area contributed by atoms with E-state index in [0.717, 1.165) is 31.6 Å². The van der Waals surface area contributed by atoms with E-state index in [1.807, 2.05) is 26.0 Å². The molecule has 1 unspecified atom stereocenters. The van der Waals surface area contributed by atoms with Crippen molar-refractivity contribution >= 4 is 0 Å². The highest BCUT2D eigenvalue weighted by atomic mass is 16.5. The van der Waals surface area contributed by atoms with Gasteiger partial charge in [0.15, 0.2) is 0 Å². The zero-order valence-electron chi connectivity index (χ0n) is 11.1. The first-order chi connectivity index (χ1) is 8.13. The van der Waals surface area contributed by atoms with Crippen LogP contribution in [0.3, 0.4) is 0 Å². The van der Waals surface area contributed by atoms with Gasteiger partial charge >= 0.3 is 0 Å². The molecule has 1 rings (SSSR count). The molecule has 1 atom stereocenters. The van der Waals surface area contributed by atoms with Gasteiger partial charge in [0.2, 0.25) is 0 Å². The minimum Gasteiger partial charge on any atom is -0.494 e. The van der Waals surface area contributed by atoms with E-state index >= 15 is 0 Å². The second-order valence-corrected chi connectivity index (χ2v) is 4.85. The summed E-state index contributed by atoms with van der Waals surface area (Å²) in [5.41, 5.74) is 1.23. The molecule has 0 spiro atoms. The van der Waals surface area contributed by atoms with Crippen LogP contribution >= 0.6 is 0 Å². The van der Waals surface area contributed by atoms with Gasteiger partial charge in [-0.1, -0.05) is 32.9 Å². The molecule has 96 valence electrons. The molecule has 0 radical (unpaired) electrons. The van der Waals surface area contributed by atoms with Crippen molar-refractivity contribution in [1.82, 2.24) is 0 Å². The summed E-state index contributed by atoms with van der Waals surface area (Å²) < 4.78 is 5.59. The van der Waals surface area contributed by atoms with E-state index in [-0.39, 0.29) is 6.10 Å². The number of rotatable bonds is 7. The average Bonchev–Trinajstić information content (AvgIpc) is 2.33. The maximum atomic E-state index is 9.77. The molecule has 2 nitrogen and oxygen atoms in total. The second-order valence-electron chi connectivity index (χ2n) is 4.85. The van der Waals surface area contributed by atoms with Gasteiger partial charge in [-0.2, -0.15) is 0 Å². The van der Waals surface area contributed by atoms with Crippen LogP contribution in [0.1, 0.15) is 39.2 Å². The van der Waals surface area contributed by atoms with Crippen LogP contribution in [-0.2, 0) is 6.42 Å². The number of hydrogen-bond acceptors (Lipinski definition) is 2. The number of aliphatic hydroxyl groups is 1. The van der Waals surface area contributed by atoms with Crippen LogP contribution in [0.25, 0.3) is 0 Å². The van der Waals surface area contributed by atoms with Gasteiger partial charge in [-0.3, -0.25) is 0 Å². The maximum absolute atomic E-state index is 9.77. The summed E-state index contributed by atoms with van der Waals surface area (Å²) in [6.45, 7) is 6.96. The van der Waals surface area contributed by atoms with Crippen LogP contribution in [-0.4, -0.2) is 17.8 Å². The fourth-order valence-electron chi connectivity index (χ4n) is 1.66. The lowest BCUT2D eigenvalue weighted by Crippen LogP contribution is -2.15. The van der Waals surface area contributed by atoms with E-state index in [1.165, 1.54) is 5.56 Å². The van der Waals surface area contributed by atoms with Crippen molar-refractivity contribution in [2.24, 2.45) is 5.92 Å². The first-order valence-corrected chi connectivity index (χ1v) is 6.53. The summed E-state index contributed by atoms with van der Waals surface area (Å²) in [6, 6.07) is 8.16. The summed E-state index contributed by atoms with van der Waals surface area (Å²) >= 11 is 0. The Bertz CT molecular complexity index is 320. The van der Waals surface area contributed by atoms with E-state index in [4.69, 9.17) is 4.74 Å². The highest BCUT2D eigenvalue weighted by Crippen LogP contribution is 2.17. The van der Waals surface area contributed by atoms with Gasteiger partial charge in [0.1, 0.15) is 5.75 Å². The zero-order valence-corrected chi connectivity index (χ0v) is 11.1. The third-order valence-corrected chi connectivity index (χ3v) is 2.87. The molecule has 1 N–H and O–H groups in total. The molecule has 0 aliphatic carbocycles. The predicted octanol–water partition coefficient (Wildman–Crippen LogP) is 3.42. The minimum absolute atomic E-state index is 0.213. The molecule has 17 heavy (non-hydrogen) atoms. The first kappa shape index (κ1) is 14.0. The Hall–Kier alpha value is -1.02. The van der Waals surface area contributed by atoms with E-state index < -0.39 is 0 Å². The van der Waals surface area contributed by atoms with Gasteiger partial charge in [-0.25, -0.2) is 0 Å². The maximum Gasteiger partial charge on any atom is 0.119 e. The van der Waals surface area contributed by atoms with E-state index in [2.05, 4.69) is 19.1 Å². The molecule has 0 amide bonds. The number of aliphatic hydroxyl groups excluding tert-OH is 1. The summed E-state index contributed by atoms with van der Waals surface area (Å²) in [5, 5.41) is 9.77. The highest BCUT2D eigenvalue weighted by molar-refractivity contribution is 5.28. The predicted molar refractivity (Wildman–Crippen MR) is 71.4 cm³/mol. The summed E-state index contributed by atoms with van der Waals surface area (Å²) in [7, 11) is 0. The quantitative estimate of drug-likeness (QED) is 0.786. The Morgan fingerprint density at radius 3 is 2.71 bits per heavy atom. The lowest BCUT2D eigenvalue weighted by Gasteiger charge is -2.14. The van der Waals surface area contributed by atoms with Gasteiger partial charge < -0.3 is 9.84 Å². The van der Waals surface area contributed by atoms with Crippen molar-refractivity contribution in [3.8, 4) is 5.75 Å². The number of benzene rings is 1. The second kappa shape index (κ2) is 7.33. The molecule has 0 fully saturated rings. The first-order valence-electron chi connectivity index (χ1n) is 6.53. The highest BCUT2D eigenvalue weighted by Gasteiger charge is 2.09. The van der Waals surface area contributed by atoms with Gasteiger partial charge in [-0.15, -0.1) is 0 Å². The van der Waals surface area contributed by atoms with Crippen LogP contribution in [0.15, 0.2) is 24.3 Å². The topological polar surface area (TPSA) is 29.5 Å². The molecule has 0 aromatic heterocycles. The zero-order chi connectivity index (χ0) is 12.7. The Morgan fingerprint density at radius 2 is 2.06 bits per heavy atom. The summed E-state index contributed by atoms with van der Waals surface area (Å²) in [6.07, 6.45) is 2.53. The Kier molecular flexibility index (Phi) is 6.06. The van der Waals surface area contributed by atoms with Crippen molar-refractivity contribution in [3.05, 3.63) is 29.8 Å². The molecule has 0 aliphatic rings. The van der Waals surface area contributed by atoms with Gasteiger partial charge in [0.05, 0.1) is 12.7 Å². The largest absolute Gasteiger partial charge is 0.494 e. The normalized spacial score (nSPS) is 12.8. The van der Waals surface area contributed by atoms with E-state index in [1.54, 1.807) is 0 Å². The van der Waals surface area contributed by atoms with Crippen LogP contribution in [0.2, 0.25) is 0 Å². The Balaban J connectivity index is 2.48. The number of aryl methyl sites for hydroxylation is 1. The van der Waals surface area contributed by atoms with Gasteiger partial charge in [0, 0.05) is 0 Å². The summed E-state index contributed by atoms with van der Waals surface area (Å²) in [4.78, 5) is 0. The minimum atomic E-state index is -0.213. The van der Waals surface area contributed by atoms with Crippen LogP contribution in [0, 0.1) is 5.92 Å². The molecular weight excluding hydrogens is 212 g/mol. The molecule has 1 aromatic carbocycles. The van der Waals surface area contributed by atoms with Crippen LogP contribution < -0.4 is 4.74 Å². The lowest BCUT2D eigenvalue weighted by molar-refractivity contribution is 0.116. The fourth-order valence-corrected chi connectivity index (χ4v) is 1.66. The molecule has 0 heterocycles. The third-order valence-electron chi connectivity index (χ3n) is 2.87. The number of hydrogen-bond donors (Lipinski definition) is 1. The number of ether oxygens (including phenoxy) is 1. The van der Waals surface area contributed by atoms with Crippen molar-refractivity contribution in [2.45, 2.75) is 46.1 Å².